The SMILES string of the molecule is CCOc1c(Cl)cc(CNC(=O)N2CCO[C@H](C)C2)cc1OC. The van der Waals surface area contributed by atoms with Gasteiger partial charge in [-0.05, 0) is 31.5 Å². The molecule has 2 rings (SSSR count). The second-order valence-electron chi connectivity index (χ2n) is 5.33. The van der Waals surface area contributed by atoms with Gasteiger partial charge in [-0.1, -0.05) is 11.6 Å². The Labute approximate surface area is 141 Å². The second kappa shape index (κ2) is 8.26. The summed E-state index contributed by atoms with van der Waals surface area (Å²) in [5.74, 6) is 1.08. The normalized spacial score (nSPS) is 17.7. The van der Waals surface area contributed by atoms with Crippen molar-refractivity contribution in [3.8, 4) is 11.5 Å². The van der Waals surface area contributed by atoms with E-state index >= 15 is 0 Å². The Morgan fingerprint density at radius 3 is 2.96 bits per heavy atom. The Morgan fingerprint density at radius 1 is 1.52 bits per heavy atom. The zero-order valence-electron chi connectivity index (χ0n) is 13.7. The van der Waals surface area contributed by atoms with E-state index < -0.39 is 0 Å². The van der Waals surface area contributed by atoms with E-state index in [9.17, 15) is 4.79 Å². The van der Waals surface area contributed by atoms with Crippen LogP contribution in [-0.2, 0) is 11.3 Å². The molecule has 0 spiro atoms. The molecule has 128 valence electrons. The number of halogens is 1. The predicted octanol–water partition coefficient (Wildman–Crippen LogP) is 2.68. The van der Waals surface area contributed by atoms with Crippen LogP contribution in [0.25, 0.3) is 0 Å². The maximum absolute atomic E-state index is 12.2. The van der Waals surface area contributed by atoms with Gasteiger partial charge in [-0.3, -0.25) is 0 Å². The number of morpholine rings is 1. The fourth-order valence-electron chi connectivity index (χ4n) is 2.45. The third-order valence-electron chi connectivity index (χ3n) is 3.55. The number of hydrogen-bond donors (Lipinski definition) is 1. The highest BCUT2D eigenvalue weighted by atomic mass is 35.5. The number of nitrogens with zero attached hydrogens (tertiary/aromatic N) is 1. The number of hydrogen-bond acceptors (Lipinski definition) is 4. The van der Waals surface area contributed by atoms with Gasteiger partial charge in [0.15, 0.2) is 11.5 Å². The van der Waals surface area contributed by atoms with Crippen molar-refractivity contribution in [1.29, 1.82) is 0 Å². The molecular formula is C16H23ClN2O4. The zero-order chi connectivity index (χ0) is 16.8. The van der Waals surface area contributed by atoms with Crippen molar-refractivity contribution in [1.82, 2.24) is 10.2 Å². The highest BCUT2D eigenvalue weighted by molar-refractivity contribution is 6.32. The van der Waals surface area contributed by atoms with Crippen molar-refractivity contribution in [3.05, 3.63) is 22.7 Å². The van der Waals surface area contributed by atoms with E-state index in [1.54, 1.807) is 18.1 Å². The average Bonchev–Trinajstić information content (AvgIpc) is 2.54. The van der Waals surface area contributed by atoms with E-state index in [2.05, 4.69) is 5.32 Å². The molecule has 0 aromatic heterocycles. The largest absolute Gasteiger partial charge is 0.493 e. The number of methoxy groups -OCH3 is 1. The van der Waals surface area contributed by atoms with Gasteiger partial charge in [-0.15, -0.1) is 0 Å². The molecule has 1 atom stereocenters. The second-order valence-corrected chi connectivity index (χ2v) is 5.74. The summed E-state index contributed by atoms with van der Waals surface area (Å²) in [5.41, 5.74) is 0.852. The molecule has 1 saturated heterocycles. The van der Waals surface area contributed by atoms with Crippen molar-refractivity contribution < 1.29 is 19.0 Å². The monoisotopic (exact) mass is 342 g/mol. The summed E-state index contributed by atoms with van der Waals surface area (Å²) in [6.45, 7) is 6.47. The van der Waals surface area contributed by atoms with Gasteiger partial charge in [0, 0.05) is 19.6 Å². The van der Waals surface area contributed by atoms with Crippen molar-refractivity contribution in [3.63, 3.8) is 0 Å². The molecule has 1 aliphatic rings. The van der Waals surface area contributed by atoms with Gasteiger partial charge in [0.1, 0.15) is 0 Å². The molecule has 1 aromatic rings. The summed E-state index contributed by atoms with van der Waals surface area (Å²) in [7, 11) is 1.56. The molecule has 23 heavy (non-hydrogen) atoms. The quantitative estimate of drug-likeness (QED) is 0.893. The number of nitrogens with one attached hydrogen (secondary N) is 1. The lowest BCUT2D eigenvalue weighted by Crippen LogP contribution is -2.48. The summed E-state index contributed by atoms with van der Waals surface area (Å²) in [6.07, 6.45) is 0.0644. The minimum atomic E-state index is -0.107. The average molecular weight is 343 g/mol. The topological polar surface area (TPSA) is 60.0 Å². The van der Waals surface area contributed by atoms with Gasteiger partial charge in [0.25, 0.3) is 0 Å². The summed E-state index contributed by atoms with van der Waals surface area (Å²) >= 11 is 6.23. The van der Waals surface area contributed by atoms with Gasteiger partial charge in [-0.2, -0.15) is 0 Å². The zero-order valence-corrected chi connectivity index (χ0v) is 14.5. The molecule has 2 amide bonds. The molecule has 6 nitrogen and oxygen atoms in total. The van der Waals surface area contributed by atoms with Gasteiger partial charge >= 0.3 is 6.03 Å². The Bertz CT molecular complexity index is 553. The smallest absolute Gasteiger partial charge is 0.317 e. The molecule has 0 radical (unpaired) electrons. The van der Waals surface area contributed by atoms with Crippen molar-refractivity contribution in [2.75, 3.05) is 33.4 Å². The van der Waals surface area contributed by atoms with Crippen LogP contribution in [0.3, 0.4) is 0 Å². The van der Waals surface area contributed by atoms with E-state index in [-0.39, 0.29) is 12.1 Å². The Morgan fingerprint density at radius 2 is 2.30 bits per heavy atom. The predicted molar refractivity (Wildman–Crippen MR) is 88.4 cm³/mol. The highest BCUT2D eigenvalue weighted by Crippen LogP contribution is 2.36. The van der Waals surface area contributed by atoms with Crippen LogP contribution in [0.2, 0.25) is 5.02 Å². The maximum Gasteiger partial charge on any atom is 0.317 e. The fraction of sp³-hybridized carbons (Fsp3) is 0.562. The van der Waals surface area contributed by atoms with Crippen molar-refractivity contribution in [2.45, 2.75) is 26.5 Å². The Balaban J connectivity index is 2.00. The minimum absolute atomic E-state index is 0.0644. The number of amides is 2. The standard InChI is InChI=1S/C16H23ClN2O4/c1-4-22-15-13(17)7-12(8-14(15)21-3)9-18-16(20)19-5-6-23-11(2)10-19/h7-8,11H,4-6,9-10H2,1-3H3,(H,18,20)/t11-/m1/s1. The van der Waals surface area contributed by atoms with Gasteiger partial charge < -0.3 is 24.4 Å². The molecule has 1 aromatic carbocycles. The van der Waals surface area contributed by atoms with E-state index in [0.717, 1.165) is 5.56 Å². The molecule has 1 aliphatic heterocycles. The first-order valence-corrected chi connectivity index (χ1v) is 8.06. The molecule has 0 aliphatic carbocycles. The molecule has 1 N–H and O–H groups in total. The number of carbonyl (C=O) groups excluding carboxylic acids is 1. The van der Waals surface area contributed by atoms with E-state index in [0.29, 0.717) is 49.4 Å². The van der Waals surface area contributed by atoms with Crippen molar-refractivity contribution in [2.24, 2.45) is 0 Å². The third kappa shape index (κ3) is 4.65. The molecular weight excluding hydrogens is 320 g/mol. The summed E-state index contributed by atoms with van der Waals surface area (Å²) in [5, 5.41) is 3.36. The van der Waals surface area contributed by atoms with Crippen LogP contribution in [0.1, 0.15) is 19.4 Å². The first kappa shape index (κ1) is 17.7. The Kier molecular flexibility index (Phi) is 6.36. The lowest BCUT2D eigenvalue weighted by Gasteiger charge is -2.31. The Hall–Kier alpha value is -1.66. The molecule has 7 heteroatoms. The summed E-state index contributed by atoms with van der Waals surface area (Å²) in [4.78, 5) is 13.9. The summed E-state index contributed by atoms with van der Waals surface area (Å²) in [6, 6.07) is 3.49. The fourth-order valence-corrected chi connectivity index (χ4v) is 2.74. The number of carbonyl (C=O) groups is 1. The minimum Gasteiger partial charge on any atom is -0.493 e. The van der Waals surface area contributed by atoms with Crippen LogP contribution in [0.5, 0.6) is 11.5 Å². The molecule has 1 heterocycles. The number of rotatable bonds is 5. The van der Waals surface area contributed by atoms with Gasteiger partial charge in [0.2, 0.25) is 0 Å². The first-order chi connectivity index (χ1) is 11.0. The van der Waals surface area contributed by atoms with E-state index in [1.807, 2.05) is 19.9 Å². The van der Waals surface area contributed by atoms with E-state index in [1.165, 1.54) is 0 Å². The number of ether oxygens (including phenoxy) is 3. The molecule has 0 unspecified atom stereocenters. The first-order valence-electron chi connectivity index (χ1n) is 7.68. The van der Waals surface area contributed by atoms with Crippen LogP contribution in [0.15, 0.2) is 12.1 Å². The maximum atomic E-state index is 12.2. The van der Waals surface area contributed by atoms with Crippen molar-refractivity contribution >= 4 is 17.6 Å². The van der Waals surface area contributed by atoms with Crippen LogP contribution in [0.4, 0.5) is 4.79 Å². The van der Waals surface area contributed by atoms with Gasteiger partial charge in [-0.25, -0.2) is 4.79 Å². The van der Waals surface area contributed by atoms with E-state index in [4.69, 9.17) is 25.8 Å². The van der Waals surface area contributed by atoms with Crippen LogP contribution in [-0.4, -0.2) is 50.4 Å². The lowest BCUT2D eigenvalue weighted by molar-refractivity contribution is -0.00351. The third-order valence-corrected chi connectivity index (χ3v) is 3.83. The lowest BCUT2D eigenvalue weighted by atomic mass is 10.2. The van der Waals surface area contributed by atoms with Crippen LogP contribution >= 0.6 is 11.6 Å². The van der Waals surface area contributed by atoms with Crippen LogP contribution in [0, 0.1) is 0 Å². The molecule has 0 saturated carbocycles. The van der Waals surface area contributed by atoms with Gasteiger partial charge in [0.05, 0.1) is 31.5 Å². The molecule has 1 fully saturated rings. The summed E-state index contributed by atoms with van der Waals surface area (Å²) < 4.78 is 16.2. The van der Waals surface area contributed by atoms with Crippen LogP contribution < -0.4 is 14.8 Å². The highest BCUT2D eigenvalue weighted by Gasteiger charge is 2.21. The number of benzene rings is 1. The number of urea groups is 1. The molecule has 0 bridgehead atoms.